The summed E-state index contributed by atoms with van der Waals surface area (Å²) in [5.74, 6) is 1.73. The van der Waals surface area contributed by atoms with Crippen LogP contribution in [0.5, 0.6) is 11.5 Å². The highest BCUT2D eigenvalue weighted by atomic mass is 32.2. The van der Waals surface area contributed by atoms with Gasteiger partial charge in [-0.25, -0.2) is 0 Å². The van der Waals surface area contributed by atoms with Gasteiger partial charge in [0.1, 0.15) is 6.61 Å². The molecule has 0 radical (unpaired) electrons. The van der Waals surface area contributed by atoms with Crippen LogP contribution in [0.25, 0.3) is 0 Å². The monoisotopic (exact) mass is 305 g/mol. The molecule has 0 aliphatic carbocycles. The van der Waals surface area contributed by atoms with Crippen molar-refractivity contribution >= 4 is 16.5 Å². The fraction of sp³-hybridized carbons (Fsp3) is 0.250. The third-order valence-corrected chi connectivity index (χ3v) is 4.64. The zero-order valence-electron chi connectivity index (χ0n) is 12.2. The second kappa shape index (κ2) is 7.13. The normalized spacial score (nSPS) is 11.9. The highest BCUT2D eigenvalue weighted by Gasteiger charge is 2.10. The molecule has 0 saturated carbocycles. The summed E-state index contributed by atoms with van der Waals surface area (Å²) < 4.78 is 23.2. The van der Waals surface area contributed by atoms with E-state index in [1.807, 2.05) is 43.3 Å². The smallest absolute Gasteiger partial charge is 0.161 e. The van der Waals surface area contributed by atoms with E-state index in [2.05, 4.69) is 0 Å². The van der Waals surface area contributed by atoms with Crippen LogP contribution in [0.2, 0.25) is 0 Å². The molecule has 0 bridgehead atoms. The average Bonchev–Trinajstić information content (AvgIpc) is 2.50. The number of hydrogen-bond acceptors (Lipinski definition) is 4. The molecule has 0 amide bonds. The van der Waals surface area contributed by atoms with Crippen molar-refractivity contribution in [1.29, 1.82) is 0 Å². The third-order valence-electron chi connectivity index (χ3n) is 3.17. The van der Waals surface area contributed by atoms with E-state index in [0.29, 0.717) is 29.5 Å². The Labute approximate surface area is 127 Å². The molecule has 5 heteroatoms. The number of rotatable bonds is 6. The topological polar surface area (TPSA) is 61.5 Å². The highest BCUT2D eigenvalue weighted by molar-refractivity contribution is 7.85. The van der Waals surface area contributed by atoms with E-state index in [1.165, 1.54) is 0 Å². The fourth-order valence-corrected chi connectivity index (χ4v) is 3.10. The maximum atomic E-state index is 12.3. The van der Waals surface area contributed by atoms with Crippen LogP contribution in [0.3, 0.4) is 0 Å². The van der Waals surface area contributed by atoms with Crippen molar-refractivity contribution in [2.24, 2.45) is 0 Å². The molecule has 0 aliphatic rings. The molecule has 2 aromatic rings. The minimum absolute atomic E-state index is 0.348. The Hall–Kier alpha value is -2.01. The summed E-state index contributed by atoms with van der Waals surface area (Å²) in [5.41, 5.74) is 7.36. The first-order valence-electron chi connectivity index (χ1n) is 6.62. The number of ether oxygens (including phenoxy) is 2. The van der Waals surface area contributed by atoms with Gasteiger partial charge in [0.15, 0.2) is 11.5 Å². The van der Waals surface area contributed by atoms with Crippen molar-refractivity contribution in [3.05, 3.63) is 48.0 Å². The molecule has 1 unspecified atom stereocenters. The lowest BCUT2D eigenvalue weighted by Gasteiger charge is -2.11. The van der Waals surface area contributed by atoms with Gasteiger partial charge in [-0.05, 0) is 36.8 Å². The van der Waals surface area contributed by atoms with Crippen LogP contribution in [-0.2, 0) is 10.8 Å². The van der Waals surface area contributed by atoms with Crippen LogP contribution in [0, 0.1) is 6.92 Å². The summed E-state index contributed by atoms with van der Waals surface area (Å²) in [5, 5.41) is 0. The minimum Gasteiger partial charge on any atom is -0.493 e. The van der Waals surface area contributed by atoms with Crippen LogP contribution in [-0.4, -0.2) is 23.7 Å². The lowest BCUT2D eigenvalue weighted by molar-refractivity contribution is 0.312. The number of benzene rings is 2. The molecular formula is C16H19NO3S. The van der Waals surface area contributed by atoms with Crippen LogP contribution < -0.4 is 15.2 Å². The van der Waals surface area contributed by atoms with E-state index in [9.17, 15) is 4.21 Å². The molecule has 0 aromatic heterocycles. The van der Waals surface area contributed by atoms with Crippen molar-refractivity contribution in [2.75, 3.05) is 25.2 Å². The van der Waals surface area contributed by atoms with Gasteiger partial charge in [0.2, 0.25) is 0 Å². The Kier molecular flexibility index (Phi) is 5.22. The predicted molar refractivity (Wildman–Crippen MR) is 85.4 cm³/mol. The molecule has 0 aliphatic heterocycles. The zero-order chi connectivity index (χ0) is 15.2. The maximum absolute atomic E-state index is 12.3. The number of nitrogens with two attached hydrogens (primary N) is 1. The van der Waals surface area contributed by atoms with Crippen molar-refractivity contribution in [3.63, 3.8) is 0 Å². The number of para-hydroxylation sites is 2. The van der Waals surface area contributed by atoms with Crippen molar-refractivity contribution in [3.8, 4) is 11.5 Å². The quantitative estimate of drug-likeness (QED) is 0.834. The summed E-state index contributed by atoms with van der Waals surface area (Å²) in [6, 6.07) is 12.9. The number of hydrogen-bond donors (Lipinski definition) is 1. The van der Waals surface area contributed by atoms with E-state index in [0.717, 1.165) is 10.5 Å². The number of methoxy groups -OCH3 is 1. The van der Waals surface area contributed by atoms with E-state index >= 15 is 0 Å². The van der Waals surface area contributed by atoms with Crippen molar-refractivity contribution in [1.82, 2.24) is 0 Å². The summed E-state index contributed by atoms with van der Waals surface area (Å²) in [7, 11) is 0.460. The lowest BCUT2D eigenvalue weighted by atomic mass is 10.2. The van der Waals surface area contributed by atoms with Crippen LogP contribution >= 0.6 is 0 Å². The van der Waals surface area contributed by atoms with Crippen LogP contribution in [0.15, 0.2) is 47.4 Å². The Morgan fingerprint density at radius 3 is 2.52 bits per heavy atom. The van der Waals surface area contributed by atoms with Gasteiger partial charge in [-0.2, -0.15) is 0 Å². The molecule has 21 heavy (non-hydrogen) atoms. The van der Waals surface area contributed by atoms with Crippen molar-refractivity contribution in [2.45, 2.75) is 11.8 Å². The Balaban J connectivity index is 1.97. The lowest BCUT2D eigenvalue weighted by Crippen LogP contribution is -2.10. The van der Waals surface area contributed by atoms with Crippen molar-refractivity contribution < 1.29 is 13.7 Å². The first kappa shape index (κ1) is 15.4. The van der Waals surface area contributed by atoms with Gasteiger partial charge >= 0.3 is 0 Å². The second-order valence-corrected chi connectivity index (χ2v) is 6.06. The highest BCUT2D eigenvalue weighted by Crippen LogP contribution is 2.26. The van der Waals surface area contributed by atoms with E-state index < -0.39 is 10.8 Å². The summed E-state index contributed by atoms with van der Waals surface area (Å²) in [6.07, 6.45) is 0. The largest absolute Gasteiger partial charge is 0.493 e. The van der Waals surface area contributed by atoms with Crippen LogP contribution in [0.1, 0.15) is 5.56 Å². The minimum atomic E-state index is -1.13. The van der Waals surface area contributed by atoms with Gasteiger partial charge in [-0.15, -0.1) is 0 Å². The van der Waals surface area contributed by atoms with Gasteiger partial charge in [0.05, 0.1) is 23.7 Å². The standard InChI is InChI=1S/C16H19NO3S/c1-12-13(17)6-5-9-16(12)21(18)11-10-20-15-8-4-3-7-14(15)19-2/h3-9H,10-11,17H2,1-2H3. The zero-order valence-corrected chi connectivity index (χ0v) is 13.0. The number of nitrogen functional groups attached to an aromatic ring is 1. The molecule has 0 spiro atoms. The molecule has 1 atom stereocenters. The molecule has 2 rings (SSSR count). The van der Waals surface area contributed by atoms with E-state index in [-0.39, 0.29) is 0 Å². The van der Waals surface area contributed by atoms with Gasteiger partial charge in [0, 0.05) is 10.6 Å². The molecule has 0 saturated heterocycles. The van der Waals surface area contributed by atoms with E-state index in [1.54, 1.807) is 13.2 Å². The van der Waals surface area contributed by atoms with Gasteiger partial charge in [-0.1, -0.05) is 18.2 Å². The molecule has 112 valence electrons. The third kappa shape index (κ3) is 3.76. The Bertz CT molecular complexity index is 643. The molecule has 0 heterocycles. The second-order valence-electron chi connectivity index (χ2n) is 4.52. The van der Waals surface area contributed by atoms with Gasteiger partial charge in [-0.3, -0.25) is 4.21 Å². The summed E-state index contributed by atoms with van der Waals surface area (Å²) in [6.45, 7) is 2.23. The Morgan fingerprint density at radius 1 is 1.10 bits per heavy atom. The summed E-state index contributed by atoms with van der Waals surface area (Å²) >= 11 is 0. The molecule has 2 N–H and O–H groups in total. The van der Waals surface area contributed by atoms with Crippen LogP contribution in [0.4, 0.5) is 5.69 Å². The first-order chi connectivity index (χ1) is 10.1. The van der Waals surface area contributed by atoms with E-state index in [4.69, 9.17) is 15.2 Å². The maximum Gasteiger partial charge on any atom is 0.161 e. The molecular weight excluding hydrogens is 286 g/mol. The predicted octanol–water partition coefficient (Wildman–Crippen LogP) is 2.77. The van der Waals surface area contributed by atoms with Gasteiger partial charge < -0.3 is 15.2 Å². The SMILES string of the molecule is COc1ccccc1OCCS(=O)c1cccc(N)c1C. The molecule has 0 fully saturated rings. The fourth-order valence-electron chi connectivity index (χ4n) is 1.95. The molecule has 2 aromatic carbocycles. The first-order valence-corrected chi connectivity index (χ1v) is 7.94. The van der Waals surface area contributed by atoms with Gasteiger partial charge in [0.25, 0.3) is 0 Å². The molecule has 4 nitrogen and oxygen atoms in total. The number of anilines is 1. The summed E-state index contributed by atoms with van der Waals surface area (Å²) in [4.78, 5) is 0.763. The average molecular weight is 305 g/mol. The Morgan fingerprint density at radius 2 is 1.81 bits per heavy atom.